The lowest BCUT2D eigenvalue weighted by molar-refractivity contribution is 0.318. The summed E-state index contributed by atoms with van der Waals surface area (Å²) in [5, 5.41) is 0. The number of halogens is 2. The highest BCUT2D eigenvalue weighted by Gasteiger charge is 2.03. The number of benzene rings is 2. The van der Waals surface area contributed by atoms with Crippen molar-refractivity contribution < 1.29 is 13.5 Å². The van der Waals surface area contributed by atoms with Gasteiger partial charge in [-0.15, -0.1) is 0 Å². The van der Waals surface area contributed by atoms with Crippen LogP contribution in [-0.4, -0.2) is 6.61 Å². The van der Waals surface area contributed by atoms with E-state index in [0.29, 0.717) is 24.5 Å². The van der Waals surface area contributed by atoms with Gasteiger partial charge in [0.05, 0.1) is 6.61 Å². The lowest BCUT2D eigenvalue weighted by Gasteiger charge is -2.06. The van der Waals surface area contributed by atoms with Gasteiger partial charge in [0.25, 0.3) is 0 Å². The summed E-state index contributed by atoms with van der Waals surface area (Å²) in [6, 6.07) is 10.9. The van der Waals surface area contributed by atoms with E-state index in [2.05, 4.69) is 0 Å². The third kappa shape index (κ3) is 3.20. The Balaban J connectivity index is 1.88. The molecule has 18 heavy (non-hydrogen) atoms. The van der Waals surface area contributed by atoms with Gasteiger partial charge in [0.2, 0.25) is 0 Å². The number of rotatable bonds is 4. The summed E-state index contributed by atoms with van der Waals surface area (Å²) in [5.74, 6) is -1.45. The molecular formula is C14H13F2NO. The molecule has 0 fully saturated rings. The highest BCUT2D eigenvalue weighted by Crippen LogP contribution is 2.15. The van der Waals surface area contributed by atoms with Gasteiger partial charge in [-0.05, 0) is 29.8 Å². The number of nitrogen functional groups attached to an aromatic ring is 1. The van der Waals surface area contributed by atoms with Gasteiger partial charge in [-0.25, -0.2) is 8.78 Å². The molecule has 0 saturated heterocycles. The first kappa shape index (κ1) is 12.4. The molecule has 0 heterocycles. The van der Waals surface area contributed by atoms with Crippen molar-refractivity contribution in [1.29, 1.82) is 0 Å². The Morgan fingerprint density at radius 3 is 2.33 bits per heavy atom. The molecule has 0 amide bonds. The van der Waals surface area contributed by atoms with Crippen LogP contribution < -0.4 is 10.5 Å². The topological polar surface area (TPSA) is 35.2 Å². The zero-order chi connectivity index (χ0) is 13.0. The van der Waals surface area contributed by atoms with E-state index in [1.54, 1.807) is 0 Å². The molecule has 0 aliphatic heterocycles. The average molecular weight is 249 g/mol. The average Bonchev–Trinajstić information content (AvgIpc) is 2.36. The van der Waals surface area contributed by atoms with Crippen LogP contribution in [0.25, 0.3) is 0 Å². The standard InChI is InChI=1S/C14H13F2NO/c15-13-6-5-12(9-14(13)16)18-8-7-10-1-3-11(17)4-2-10/h1-6,9H,7-8,17H2. The number of anilines is 1. The SMILES string of the molecule is Nc1ccc(CCOc2ccc(F)c(F)c2)cc1. The fourth-order valence-corrected chi connectivity index (χ4v) is 1.54. The maximum atomic E-state index is 12.9. The van der Waals surface area contributed by atoms with Crippen molar-refractivity contribution in [2.24, 2.45) is 0 Å². The summed E-state index contributed by atoms with van der Waals surface area (Å²) < 4.78 is 30.9. The van der Waals surface area contributed by atoms with Crippen LogP contribution in [0.3, 0.4) is 0 Å². The van der Waals surface area contributed by atoms with Crippen molar-refractivity contribution in [1.82, 2.24) is 0 Å². The van der Waals surface area contributed by atoms with Crippen molar-refractivity contribution in [2.75, 3.05) is 12.3 Å². The third-order valence-corrected chi connectivity index (χ3v) is 2.53. The normalized spacial score (nSPS) is 10.3. The minimum absolute atomic E-state index is 0.323. The predicted molar refractivity (Wildman–Crippen MR) is 66.4 cm³/mol. The Hall–Kier alpha value is -2.10. The number of hydrogen-bond donors (Lipinski definition) is 1. The van der Waals surface area contributed by atoms with Crippen molar-refractivity contribution in [3.8, 4) is 5.75 Å². The Morgan fingerprint density at radius 2 is 1.67 bits per heavy atom. The van der Waals surface area contributed by atoms with Crippen LogP contribution in [0.2, 0.25) is 0 Å². The lowest BCUT2D eigenvalue weighted by Crippen LogP contribution is -2.02. The first-order valence-electron chi connectivity index (χ1n) is 5.57. The smallest absolute Gasteiger partial charge is 0.162 e. The number of ether oxygens (including phenoxy) is 1. The van der Waals surface area contributed by atoms with E-state index < -0.39 is 11.6 Å². The predicted octanol–water partition coefficient (Wildman–Crippen LogP) is 3.17. The quantitative estimate of drug-likeness (QED) is 0.845. The van der Waals surface area contributed by atoms with Crippen molar-refractivity contribution >= 4 is 5.69 Å². The number of hydrogen-bond acceptors (Lipinski definition) is 2. The van der Waals surface area contributed by atoms with E-state index in [1.165, 1.54) is 6.07 Å². The Morgan fingerprint density at radius 1 is 0.944 bits per heavy atom. The van der Waals surface area contributed by atoms with E-state index in [-0.39, 0.29) is 0 Å². The zero-order valence-electron chi connectivity index (χ0n) is 9.70. The molecule has 2 aromatic rings. The molecule has 0 aliphatic carbocycles. The van der Waals surface area contributed by atoms with Gasteiger partial charge >= 0.3 is 0 Å². The molecule has 0 bridgehead atoms. The number of nitrogens with two attached hydrogens (primary N) is 1. The molecule has 0 unspecified atom stereocenters. The van der Waals surface area contributed by atoms with Crippen molar-refractivity contribution in [2.45, 2.75) is 6.42 Å². The maximum absolute atomic E-state index is 12.9. The molecule has 2 rings (SSSR count). The van der Waals surface area contributed by atoms with Gasteiger partial charge in [0, 0.05) is 18.2 Å². The van der Waals surface area contributed by atoms with Crippen LogP contribution >= 0.6 is 0 Å². The van der Waals surface area contributed by atoms with Crippen LogP contribution in [0, 0.1) is 11.6 Å². The molecule has 94 valence electrons. The van der Waals surface area contributed by atoms with Gasteiger partial charge in [0.1, 0.15) is 5.75 Å². The summed E-state index contributed by atoms with van der Waals surface area (Å²) in [6.07, 6.45) is 0.680. The second-order valence-corrected chi connectivity index (χ2v) is 3.92. The van der Waals surface area contributed by atoms with E-state index in [4.69, 9.17) is 10.5 Å². The largest absolute Gasteiger partial charge is 0.493 e. The second-order valence-electron chi connectivity index (χ2n) is 3.92. The fraction of sp³-hybridized carbons (Fsp3) is 0.143. The summed E-state index contributed by atoms with van der Waals surface area (Å²) >= 11 is 0. The van der Waals surface area contributed by atoms with Crippen LogP contribution in [0.1, 0.15) is 5.56 Å². The first-order valence-corrected chi connectivity index (χ1v) is 5.57. The summed E-state index contributed by atoms with van der Waals surface area (Å²) in [5.41, 5.74) is 7.35. The third-order valence-electron chi connectivity index (χ3n) is 2.53. The molecule has 0 aromatic heterocycles. The van der Waals surface area contributed by atoms with Crippen molar-refractivity contribution in [3.63, 3.8) is 0 Å². The van der Waals surface area contributed by atoms with Crippen LogP contribution in [0.4, 0.5) is 14.5 Å². The molecule has 2 nitrogen and oxygen atoms in total. The maximum Gasteiger partial charge on any atom is 0.162 e. The van der Waals surface area contributed by atoms with Gasteiger partial charge < -0.3 is 10.5 Å². The molecule has 4 heteroatoms. The molecule has 2 N–H and O–H groups in total. The summed E-state index contributed by atoms with van der Waals surface area (Å²) in [4.78, 5) is 0. The van der Waals surface area contributed by atoms with Gasteiger partial charge in [-0.2, -0.15) is 0 Å². The molecule has 2 aromatic carbocycles. The van der Waals surface area contributed by atoms with Crippen molar-refractivity contribution in [3.05, 3.63) is 59.7 Å². The Bertz CT molecular complexity index is 526. The Kier molecular flexibility index (Phi) is 3.77. The minimum Gasteiger partial charge on any atom is -0.493 e. The van der Waals surface area contributed by atoms with E-state index in [1.807, 2.05) is 24.3 Å². The molecule has 0 spiro atoms. The molecule has 0 radical (unpaired) electrons. The van der Waals surface area contributed by atoms with Crippen LogP contribution in [0.15, 0.2) is 42.5 Å². The molecule has 0 aliphatic rings. The summed E-state index contributed by atoms with van der Waals surface area (Å²) in [6.45, 7) is 0.398. The van der Waals surface area contributed by atoms with Gasteiger partial charge in [0.15, 0.2) is 11.6 Å². The van der Waals surface area contributed by atoms with E-state index in [0.717, 1.165) is 17.7 Å². The lowest BCUT2D eigenvalue weighted by atomic mass is 10.1. The zero-order valence-corrected chi connectivity index (χ0v) is 9.70. The van der Waals surface area contributed by atoms with Gasteiger partial charge in [-0.1, -0.05) is 12.1 Å². The highest BCUT2D eigenvalue weighted by molar-refractivity contribution is 5.39. The fourth-order valence-electron chi connectivity index (χ4n) is 1.54. The van der Waals surface area contributed by atoms with E-state index in [9.17, 15) is 8.78 Å². The molecule has 0 atom stereocenters. The molecule has 0 saturated carbocycles. The van der Waals surface area contributed by atoms with E-state index >= 15 is 0 Å². The monoisotopic (exact) mass is 249 g/mol. The first-order chi connectivity index (χ1) is 8.65. The highest BCUT2D eigenvalue weighted by atomic mass is 19.2. The van der Waals surface area contributed by atoms with Gasteiger partial charge in [-0.3, -0.25) is 0 Å². The second kappa shape index (κ2) is 5.49. The van der Waals surface area contributed by atoms with Crippen LogP contribution in [0.5, 0.6) is 5.75 Å². The molecular weight excluding hydrogens is 236 g/mol. The Labute approximate surface area is 104 Å². The van der Waals surface area contributed by atoms with Crippen LogP contribution in [-0.2, 0) is 6.42 Å². The minimum atomic E-state index is -0.903. The summed E-state index contributed by atoms with van der Waals surface area (Å²) in [7, 11) is 0.